The van der Waals surface area contributed by atoms with Crippen LogP contribution in [0, 0.1) is 87.1 Å². The smallest absolute Gasteiger partial charge is 0.189 e. The maximum Gasteiger partial charge on any atom is 0.189 e. The lowest BCUT2D eigenvalue weighted by molar-refractivity contribution is 0.630. The van der Waals surface area contributed by atoms with E-state index in [1.165, 1.54) is 48.5 Å². The fourth-order valence-corrected chi connectivity index (χ4v) is 20.7. The standard InChI is InChI=1S/2C66H38F4N4/c67-57-19-7-3-15-51(57)45-33-46(52-16-4-8-20-58(52)68)36-49(35-45)73(61-23-11-1-13-43(61)39-71)63-31-27-41-26-30-56-64(32-28-42-25-29-55(63)65(41)66(42)56)74(62-24-12-2-14-44(62)40-72)50-37-47(53-17-5-9-21-59(53)69)34-48(38-50)54-18-6-10-22-60(54)70;1-72-48-13-11-15-50(39-48)74(52-37-46(55-18-4-8-22-61(55)69)34-47(38-52)56-19-5-9-23-62(56)70)64-31-27-43-24-28-57-63(30-26-42-25-29-58(64)66(43)65(42)57)73(49-14-10-12-41(32-49)40-71)51-35-44(53-16-2-6-20-59(53)67)33-45(36-51)54-17-3-7-21-60(54)68/h1-38H;2-39H. The van der Waals surface area contributed by atoms with E-state index in [2.05, 4.69) is 83.7 Å². The van der Waals surface area contributed by atoms with Gasteiger partial charge < -0.3 is 19.6 Å². The van der Waals surface area contributed by atoms with Crippen LogP contribution in [-0.4, -0.2) is 0 Å². The zero-order chi connectivity index (χ0) is 101. The summed E-state index contributed by atoms with van der Waals surface area (Å²) in [6, 6.07) is 143. The monoisotopic (exact) mass is 1920 g/mol. The Morgan fingerprint density at radius 1 is 0.189 bits per heavy atom. The van der Waals surface area contributed by atoms with Gasteiger partial charge in [-0.1, -0.05) is 261 Å². The van der Waals surface area contributed by atoms with Gasteiger partial charge in [-0.3, -0.25) is 0 Å². The molecule has 148 heavy (non-hydrogen) atoms. The third-order valence-corrected chi connectivity index (χ3v) is 27.4. The van der Waals surface area contributed by atoms with E-state index in [-0.39, 0.29) is 0 Å². The summed E-state index contributed by atoms with van der Waals surface area (Å²) in [5.74, 6) is -3.50. The van der Waals surface area contributed by atoms with Gasteiger partial charge in [-0.05, 0) is 288 Å². The summed E-state index contributed by atoms with van der Waals surface area (Å²) in [6.45, 7) is 8.01. The number of hydrogen-bond acceptors (Lipinski definition) is 7. The van der Waals surface area contributed by atoms with Crippen molar-refractivity contribution in [3.05, 3.63) is 536 Å². The first kappa shape index (κ1) is 91.7. The third kappa shape index (κ3) is 16.8. The fourth-order valence-electron chi connectivity index (χ4n) is 20.7. The molecule has 0 bridgehead atoms. The molecule has 0 aromatic heterocycles. The minimum Gasteiger partial charge on any atom is -0.311 e. The quantitative estimate of drug-likeness (QED) is 0.0427. The first-order chi connectivity index (χ1) is 72.5. The molecule has 0 saturated heterocycles. The average Bonchev–Trinajstić information content (AvgIpc) is 0.725. The molecule has 0 fully saturated rings. The number of nitriles is 3. The van der Waals surface area contributed by atoms with Gasteiger partial charge >= 0.3 is 0 Å². The first-order valence-corrected chi connectivity index (χ1v) is 47.7. The van der Waals surface area contributed by atoms with E-state index in [1.54, 1.807) is 218 Å². The van der Waals surface area contributed by atoms with E-state index < -0.39 is 46.5 Å². The normalized spacial score (nSPS) is 11.2. The van der Waals surface area contributed by atoms with Gasteiger partial charge in [0.25, 0.3) is 0 Å². The van der Waals surface area contributed by atoms with Gasteiger partial charge in [0.1, 0.15) is 58.7 Å². The van der Waals surface area contributed by atoms with Crippen molar-refractivity contribution >= 4 is 139 Å². The number of halogens is 8. The van der Waals surface area contributed by atoms with Gasteiger partial charge in [-0.15, -0.1) is 0 Å². The van der Waals surface area contributed by atoms with Gasteiger partial charge in [0.2, 0.25) is 0 Å². The van der Waals surface area contributed by atoms with E-state index in [1.807, 2.05) is 153 Å². The van der Waals surface area contributed by atoms with Crippen molar-refractivity contribution in [2.24, 2.45) is 0 Å². The lowest BCUT2D eigenvalue weighted by Gasteiger charge is -2.31. The largest absolute Gasteiger partial charge is 0.311 e. The second-order valence-electron chi connectivity index (χ2n) is 36.0. The maximum atomic E-state index is 15.8. The zero-order valence-electron chi connectivity index (χ0n) is 78.5. The number of rotatable bonds is 20. The van der Waals surface area contributed by atoms with Crippen LogP contribution in [0.2, 0.25) is 0 Å². The molecule has 0 amide bonds. The molecule has 0 radical (unpaired) electrons. The Labute approximate surface area is 846 Å². The molecule has 0 spiro atoms. The highest BCUT2D eigenvalue weighted by atomic mass is 19.2. The Balaban J connectivity index is 0.000000163. The highest BCUT2D eigenvalue weighted by Gasteiger charge is 2.31. The van der Waals surface area contributed by atoms with Gasteiger partial charge in [0, 0.05) is 100 Å². The Bertz CT molecular complexity index is 8830. The van der Waals surface area contributed by atoms with Gasteiger partial charge in [0.05, 0.1) is 63.5 Å². The van der Waals surface area contributed by atoms with Gasteiger partial charge in [-0.2, -0.15) is 15.8 Å². The van der Waals surface area contributed by atoms with E-state index in [4.69, 9.17) is 6.57 Å². The van der Waals surface area contributed by atoms with Crippen molar-refractivity contribution in [3.8, 4) is 107 Å². The summed E-state index contributed by atoms with van der Waals surface area (Å²) in [7, 11) is 0. The molecule has 24 aromatic carbocycles. The topological polar surface area (TPSA) is 88.7 Å². The number of nitrogens with zero attached hydrogens (tertiary/aromatic N) is 8. The van der Waals surface area contributed by atoms with Crippen LogP contribution < -0.4 is 19.6 Å². The summed E-state index contributed by atoms with van der Waals surface area (Å²) < 4.78 is 127. The summed E-state index contributed by atoms with van der Waals surface area (Å²) in [5.41, 5.74) is 16.0. The van der Waals surface area contributed by atoms with Crippen LogP contribution in [-0.2, 0) is 0 Å². The fraction of sp³-hybridized carbons (Fsp3) is 0. The number of benzene rings is 24. The van der Waals surface area contributed by atoms with Crippen LogP contribution in [0.1, 0.15) is 16.7 Å². The second-order valence-corrected chi connectivity index (χ2v) is 36.0. The third-order valence-electron chi connectivity index (χ3n) is 27.4. The lowest BCUT2D eigenvalue weighted by atomic mass is 9.91. The molecule has 0 unspecified atom stereocenters. The van der Waals surface area contributed by atoms with Crippen molar-refractivity contribution in [3.63, 3.8) is 0 Å². The summed E-state index contributed by atoms with van der Waals surface area (Å²) >= 11 is 0. The molecule has 0 heterocycles. The van der Waals surface area contributed by atoms with Crippen molar-refractivity contribution in [2.45, 2.75) is 0 Å². The molecule has 0 saturated carbocycles. The molecule has 700 valence electrons. The SMILES string of the molecule is N#Cc1ccccc1N(c1cc(-c2ccccc2F)cc(-c2ccccc2F)c1)c1ccc2ccc3c(N(c4cc(-c5ccccc5F)cc(-c5ccccc5F)c4)c4ccccc4C#N)ccc4ccc1c2c43.[C-]#[N+]c1cccc(N(c2cc(-c3ccccc3F)cc(-c3ccccc3F)c2)c2ccc3ccc4c(N(c5cccc(C#N)c5)c5cc(-c6ccccc6F)cc(-c6ccccc6F)c5)ccc5ccc2c3c54)c1. The molecule has 24 aromatic rings. The highest BCUT2D eigenvalue weighted by molar-refractivity contribution is 6.30. The van der Waals surface area contributed by atoms with Crippen LogP contribution in [0.25, 0.3) is 158 Å². The Kier molecular flexibility index (Phi) is 24.0. The number of hydrogen-bond donors (Lipinski definition) is 0. The zero-order valence-corrected chi connectivity index (χ0v) is 78.5. The van der Waals surface area contributed by atoms with Crippen LogP contribution in [0.4, 0.5) is 109 Å². The minimum atomic E-state index is -0.444. The average molecular weight is 1930 g/mol. The molecule has 0 aliphatic carbocycles. The molecular formula is C132H76F8N8. The molecule has 0 atom stereocenters. The van der Waals surface area contributed by atoms with Crippen LogP contribution >= 0.6 is 0 Å². The second kappa shape index (κ2) is 38.8. The van der Waals surface area contributed by atoms with Crippen molar-refractivity contribution in [2.75, 3.05) is 19.6 Å². The Morgan fingerprint density at radius 2 is 0.419 bits per heavy atom. The van der Waals surface area contributed by atoms with E-state index in [0.29, 0.717) is 168 Å². The predicted molar refractivity (Wildman–Crippen MR) is 583 cm³/mol. The predicted octanol–water partition coefficient (Wildman–Crippen LogP) is 37.7. The number of para-hydroxylation sites is 2. The maximum absolute atomic E-state index is 15.8. The summed E-state index contributed by atoms with van der Waals surface area (Å²) in [5, 5.41) is 42.4. The minimum absolute atomic E-state index is 0.325. The molecular weight excluding hydrogens is 1850 g/mol. The van der Waals surface area contributed by atoms with Gasteiger partial charge in [-0.25, -0.2) is 40.0 Å². The van der Waals surface area contributed by atoms with Crippen molar-refractivity contribution < 1.29 is 35.1 Å². The van der Waals surface area contributed by atoms with Crippen LogP contribution in [0.3, 0.4) is 0 Å². The molecule has 24 rings (SSSR count). The van der Waals surface area contributed by atoms with E-state index in [9.17, 15) is 15.8 Å². The molecule has 16 heteroatoms. The van der Waals surface area contributed by atoms with Gasteiger partial charge in [0.15, 0.2) is 5.69 Å². The Hall–Kier alpha value is -20.0. The lowest BCUT2D eigenvalue weighted by Crippen LogP contribution is -2.13. The summed E-state index contributed by atoms with van der Waals surface area (Å²) in [6.07, 6.45) is 0. The molecule has 0 aliphatic rings. The van der Waals surface area contributed by atoms with Crippen LogP contribution in [0.15, 0.2) is 461 Å². The highest BCUT2D eigenvalue weighted by Crippen LogP contribution is 2.55. The van der Waals surface area contributed by atoms with Crippen molar-refractivity contribution in [1.82, 2.24) is 0 Å². The molecule has 0 N–H and O–H groups in total. The van der Waals surface area contributed by atoms with E-state index >= 15 is 35.1 Å². The molecule has 8 nitrogen and oxygen atoms in total. The first-order valence-electron chi connectivity index (χ1n) is 47.7. The van der Waals surface area contributed by atoms with E-state index in [0.717, 1.165) is 76.0 Å². The number of anilines is 12. The summed E-state index contributed by atoms with van der Waals surface area (Å²) in [4.78, 5) is 11.8. The van der Waals surface area contributed by atoms with Crippen LogP contribution in [0.5, 0.6) is 0 Å². The molecule has 0 aliphatic heterocycles. The Morgan fingerprint density at radius 3 is 0.676 bits per heavy atom. The van der Waals surface area contributed by atoms with Crippen molar-refractivity contribution in [1.29, 1.82) is 15.8 Å².